The summed E-state index contributed by atoms with van der Waals surface area (Å²) >= 11 is 0. The van der Waals surface area contributed by atoms with Crippen molar-refractivity contribution in [2.75, 3.05) is 6.61 Å². The van der Waals surface area contributed by atoms with Crippen LogP contribution in [-0.4, -0.2) is 56.6 Å². The van der Waals surface area contributed by atoms with Gasteiger partial charge >= 0.3 is 0 Å². The van der Waals surface area contributed by atoms with Crippen LogP contribution in [0.4, 0.5) is 0 Å². The zero-order valence-corrected chi connectivity index (χ0v) is 11.7. The summed E-state index contributed by atoms with van der Waals surface area (Å²) in [5.41, 5.74) is 0.329. The van der Waals surface area contributed by atoms with Gasteiger partial charge in [-0.1, -0.05) is 30.3 Å². The third-order valence-electron chi connectivity index (χ3n) is 4.12. The maximum absolute atomic E-state index is 10.2. The Morgan fingerprint density at radius 1 is 0.909 bits per heavy atom. The minimum Gasteiger partial charge on any atom is -0.508 e. The Hall–Kier alpha value is -1.70. The molecule has 6 heteroatoms. The number of hydrogen-bond acceptors (Lipinski definition) is 6. The van der Waals surface area contributed by atoms with Gasteiger partial charge < -0.3 is 30.3 Å². The van der Waals surface area contributed by atoms with Gasteiger partial charge in [-0.2, -0.15) is 0 Å². The molecule has 118 valence electrons. The van der Waals surface area contributed by atoms with Gasteiger partial charge in [0.1, 0.15) is 36.3 Å². The summed E-state index contributed by atoms with van der Waals surface area (Å²) in [5.74, 6) is -0.0805. The van der Waals surface area contributed by atoms with E-state index >= 15 is 0 Å². The van der Waals surface area contributed by atoms with Gasteiger partial charge in [-0.3, -0.25) is 0 Å². The molecule has 1 fully saturated rings. The molecule has 2 aromatic carbocycles. The number of hydrogen-bond donors (Lipinski definition) is 5. The van der Waals surface area contributed by atoms with E-state index < -0.39 is 37.1 Å². The molecule has 5 atom stereocenters. The number of phenols is 1. The highest BCUT2D eigenvalue weighted by molar-refractivity contribution is 5.88. The molecule has 0 aliphatic carbocycles. The number of fused-ring (bicyclic) bond motifs is 1. The normalized spacial score (nSPS) is 32.3. The predicted octanol–water partition coefficient (Wildman–Crippen LogP) is 0.0603. The SMILES string of the molecule is OC[C@H]1O[C@@H](c2c(O)ccc3ccccc23)[C@H](O)[C@@H](O)[C@@H]1O. The molecule has 1 aliphatic rings. The van der Waals surface area contributed by atoms with Gasteiger partial charge in [0.25, 0.3) is 0 Å². The van der Waals surface area contributed by atoms with E-state index in [0.29, 0.717) is 10.9 Å². The molecule has 22 heavy (non-hydrogen) atoms. The summed E-state index contributed by atoms with van der Waals surface area (Å²) in [5, 5.41) is 51.0. The zero-order chi connectivity index (χ0) is 15.9. The van der Waals surface area contributed by atoms with Gasteiger partial charge in [0.15, 0.2) is 0 Å². The third-order valence-corrected chi connectivity index (χ3v) is 4.12. The Balaban J connectivity index is 2.11. The summed E-state index contributed by atoms with van der Waals surface area (Å²) < 4.78 is 5.54. The number of aliphatic hydroxyl groups excluding tert-OH is 4. The van der Waals surface area contributed by atoms with Gasteiger partial charge in [0.05, 0.1) is 6.61 Å². The Labute approximate surface area is 126 Å². The molecule has 1 heterocycles. The number of aliphatic hydroxyl groups is 4. The van der Waals surface area contributed by atoms with Gasteiger partial charge in [0.2, 0.25) is 0 Å². The predicted molar refractivity (Wildman–Crippen MR) is 78.3 cm³/mol. The van der Waals surface area contributed by atoms with Crippen molar-refractivity contribution >= 4 is 10.8 Å². The van der Waals surface area contributed by atoms with Crippen molar-refractivity contribution < 1.29 is 30.3 Å². The van der Waals surface area contributed by atoms with E-state index in [2.05, 4.69) is 0 Å². The lowest BCUT2D eigenvalue weighted by molar-refractivity contribution is -0.231. The van der Waals surface area contributed by atoms with Crippen molar-refractivity contribution in [3.05, 3.63) is 42.0 Å². The lowest BCUT2D eigenvalue weighted by Gasteiger charge is -2.40. The van der Waals surface area contributed by atoms with E-state index in [1.807, 2.05) is 12.1 Å². The highest BCUT2D eigenvalue weighted by Gasteiger charge is 2.45. The summed E-state index contributed by atoms with van der Waals surface area (Å²) in [6.07, 6.45) is -6.39. The Kier molecular flexibility index (Phi) is 4.03. The maximum Gasteiger partial charge on any atom is 0.122 e. The molecule has 0 saturated carbocycles. The molecule has 0 spiro atoms. The van der Waals surface area contributed by atoms with Crippen molar-refractivity contribution in [2.24, 2.45) is 0 Å². The lowest BCUT2D eigenvalue weighted by Crippen LogP contribution is -2.55. The fraction of sp³-hybridized carbons (Fsp3) is 0.375. The van der Waals surface area contributed by atoms with E-state index in [-0.39, 0.29) is 5.75 Å². The summed E-state index contributed by atoms with van der Waals surface area (Å²) in [6, 6.07) is 10.5. The molecule has 3 rings (SSSR count). The number of phenolic OH excluding ortho intramolecular Hbond substituents is 1. The van der Waals surface area contributed by atoms with Crippen LogP contribution in [0.15, 0.2) is 36.4 Å². The van der Waals surface area contributed by atoms with Crippen LogP contribution in [0.25, 0.3) is 10.8 Å². The van der Waals surface area contributed by atoms with Crippen LogP contribution in [-0.2, 0) is 4.74 Å². The number of ether oxygens (including phenoxy) is 1. The summed E-state index contributed by atoms with van der Waals surface area (Å²) in [6.45, 7) is -0.507. The topological polar surface area (TPSA) is 110 Å². The second-order valence-corrected chi connectivity index (χ2v) is 5.47. The molecule has 0 bridgehead atoms. The monoisotopic (exact) mass is 306 g/mol. The summed E-state index contributed by atoms with van der Waals surface area (Å²) in [4.78, 5) is 0. The van der Waals surface area contributed by atoms with Gasteiger partial charge in [-0.05, 0) is 16.8 Å². The van der Waals surface area contributed by atoms with Gasteiger partial charge in [0, 0.05) is 5.56 Å². The van der Waals surface area contributed by atoms with Crippen molar-refractivity contribution in [3.8, 4) is 5.75 Å². The molecule has 6 nitrogen and oxygen atoms in total. The molecule has 1 saturated heterocycles. The first-order chi connectivity index (χ1) is 10.5. The Morgan fingerprint density at radius 3 is 2.36 bits per heavy atom. The average Bonchev–Trinajstić information content (AvgIpc) is 2.54. The lowest BCUT2D eigenvalue weighted by atomic mass is 9.88. The van der Waals surface area contributed by atoms with Crippen molar-refractivity contribution in [1.29, 1.82) is 0 Å². The molecule has 0 unspecified atom stereocenters. The molecule has 0 aromatic heterocycles. The Morgan fingerprint density at radius 2 is 1.64 bits per heavy atom. The molecule has 5 N–H and O–H groups in total. The first-order valence-corrected chi connectivity index (χ1v) is 7.05. The first-order valence-electron chi connectivity index (χ1n) is 7.05. The van der Waals surface area contributed by atoms with E-state index in [4.69, 9.17) is 4.74 Å². The fourth-order valence-electron chi connectivity index (χ4n) is 2.92. The molecular weight excluding hydrogens is 288 g/mol. The van der Waals surface area contributed by atoms with E-state index in [0.717, 1.165) is 5.39 Å². The quantitative estimate of drug-likeness (QED) is 0.537. The minimum atomic E-state index is -1.48. The molecular formula is C16H18O6. The van der Waals surface area contributed by atoms with Crippen molar-refractivity contribution in [1.82, 2.24) is 0 Å². The highest BCUT2D eigenvalue weighted by Crippen LogP contribution is 2.40. The second kappa shape index (κ2) is 5.83. The van der Waals surface area contributed by atoms with E-state index in [1.165, 1.54) is 6.07 Å². The van der Waals surface area contributed by atoms with Crippen molar-refractivity contribution in [3.63, 3.8) is 0 Å². The minimum absolute atomic E-state index is 0.0805. The second-order valence-electron chi connectivity index (χ2n) is 5.47. The van der Waals surface area contributed by atoms with Crippen LogP contribution in [0.5, 0.6) is 5.75 Å². The molecule has 2 aromatic rings. The van der Waals surface area contributed by atoms with E-state index in [9.17, 15) is 25.5 Å². The fourth-order valence-corrected chi connectivity index (χ4v) is 2.92. The number of benzene rings is 2. The molecule has 0 radical (unpaired) electrons. The first kappa shape index (κ1) is 15.2. The van der Waals surface area contributed by atoms with Gasteiger partial charge in [-0.15, -0.1) is 0 Å². The van der Waals surface area contributed by atoms with Crippen LogP contribution >= 0.6 is 0 Å². The summed E-state index contributed by atoms with van der Waals surface area (Å²) in [7, 11) is 0. The average molecular weight is 306 g/mol. The number of rotatable bonds is 2. The van der Waals surface area contributed by atoms with E-state index in [1.54, 1.807) is 18.2 Å². The standard InChI is InChI=1S/C16H18O6/c17-7-11-13(19)14(20)15(21)16(22-11)12-9-4-2-1-3-8(9)5-6-10(12)18/h1-6,11,13-21H,7H2/t11-,13-,14+,15-,16+/m1/s1. The highest BCUT2D eigenvalue weighted by atomic mass is 16.5. The smallest absolute Gasteiger partial charge is 0.122 e. The van der Waals surface area contributed by atoms with Crippen LogP contribution in [0, 0.1) is 0 Å². The van der Waals surface area contributed by atoms with Crippen molar-refractivity contribution in [2.45, 2.75) is 30.5 Å². The third kappa shape index (κ3) is 2.35. The van der Waals surface area contributed by atoms with Crippen LogP contribution in [0.3, 0.4) is 0 Å². The van der Waals surface area contributed by atoms with Crippen LogP contribution < -0.4 is 0 Å². The van der Waals surface area contributed by atoms with Crippen LogP contribution in [0.2, 0.25) is 0 Å². The van der Waals surface area contributed by atoms with Gasteiger partial charge in [-0.25, -0.2) is 0 Å². The molecule has 1 aliphatic heterocycles. The largest absolute Gasteiger partial charge is 0.508 e. The molecule has 0 amide bonds. The Bertz CT molecular complexity index is 671. The maximum atomic E-state index is 10.2. The number of aromatic hydroxyl groups is 1. The zero-order valence-electron chi connectivity index (χ0n) is 11.7. The van der Waals surface area contributed by atoms with Crippen LogP contribution in [0.1, 0.15) is 11.7 Å².